The Morgan fingerprint density at radius 2 is 2.27 bits per heavy atom. The van der Waals surface area contributed by atoms with Crippen molar-refractivity contribution in [3.63, 3.8) is 0 Å². The van der Waals surface area contributed by atoms with Crippen molar-refractivity contribution in [2.24, 2.45) is 5.73 Å². The fraction of sp³-hybridized carbons (Fsp3) is 0.500. The zero-order valence-electron chi connectivity index (χ0n) is 9.19. The van der Waals surface area contributed by atoms with Crippen molar-refractivity contribution in [1.29, 1.82) is 0 Å². The molecule has 1 aliphatic heterocycles. The highest BCUT2D eigenvalue weighted by atomic mass is 16.5. The highest BCUT2D eigenvalue weighted by molar-refractivity contribution is 5.45. The fourth-order valence-electron chi connectivity index (χ4n) is 1.98. The predicted molar refractivity (Wildman–Crippen MR) is 59.2 cm³/mol. The fourth-order valence-corrected chi connectivity index (χ4v) is 1.98. The molecule has 82 valence electrons. The van der Waals surface area contributed by atoms with Crippen molar-refractivity contribution in [3.05, 3.63) is 23.8 Å². The van der Waals surface area contributed by atoms with E-state index in [1.807, 2.05) is 18.2 Å². The largest absolute Gasteiger partial charge is 0.497 e. The van der Waals surface area contributed by atoms with Crippen molar-refractivity contribution in [1.82, 2.24) is 0 Å². The van der Waals surface area contributed by atoms with E-state index in [0.29, 0.717) is 0 Å². The molecule has 0 fully saturated rings. The molecule has 0 bridgehead atoms. The monoisotopic (exact) mass is 207 g/mol. The Labute approximate surface area is 90.2 Å². The minimum atomic E-state index is 0.00542. The van der Waals surface area contributed by atoms with Crippen LogP contribution in [0, 0.1) is 0 Å². The number of nitrogens with two attached hydrogens (primary N) is 1. The molecule has 0 spiro atoms. The van der Waals surface area contributed by atoms with Crippen LogP contribution in [0.5, 0.6) is 11.5 Å². The second kappa shape index (κ2) is 4.11. The van der Waals surface area contributed by atoms with E-state index in [2.05, 4.69) is 6.92 Å². The van der Waals surface area contributed by atoms with E-state index in [1.165, 1.54) is 0 Å². The van der Waals surface area contributed by atoms with Crippen molar-refractivity contribution in [3.8, 4) is 11.5 Å². The molecule has 3 heteroatoms. The molecule has 1 aromatic rings. The van der Waals surface area contributed by atoms with E-state index < -0.39 is 0 Å². The summed E-state index contributed by atoms with van der Waals surface area (Å²) < 4.78 is 10.9. The molecule has 2 rings (SSSR count). The number of rotatable bonds is 3. The third-order valence-electron chi connectivity index (χ3n) is 2.83. The lowest BCUT2D eigenvalue weighted by molar-refractivity contribution is 0.194. The molecule has 0 saturated heterocycles. The molecular weight excluding hydrogens is 190 g/mol. The smallest absolute Gasteiger partial charge is 0.128 e. The topological polar surface area (TPSA) is 44.5 Å². The van der Waals surface area contributed by atoms with Gasteiger partial charge in [0.05, 0.1) is 13.2 Å². The number of methoxy groups -OCH3 is 1. The highest BCUT2D eigenvalue weighted by Crippen LogP contribution is 2.38. The Hall–Kier alpha value is -1.22. The lowest BCUT2D eigenvalue weighted by Gasteiger charge is -2.13. The second-order valence-electron chi connectivity index (χ2n) is 3.87. The van der Waals surface area contributed by atoms with Crippen LogP contribution in [-0.4, -0.2) is 13.2 Å². The van der Waals surface area contributed by atoms with Crippen LogP contribution in [-0.2, 0) is 0 Å². The molecule has 0 saturated carbocycles. The summed E-state index contributed by atoms with van der Waals surface area (Å²) in [5, 5.41) is 0. The Morgan fingerprint density at radius 1 is 1.47 bits per heavy atom. The van der Waals surface area contributed by atoms with Crippen LogP contribution in [0.25, 0.3) is 0 Å². The summed E-state index contributed by atoms with van der Waals surface area (Å²) in [6, 6.07) is 5.83. The standard InChI is InChI=1S/C12H17NO2/c1-3-4-10-12(13)9-6-5-8(14-2)7-11(9)15-10/h5-7,10,12H,3-4,13H2,1-2H3. The van der Waals surface area contributed by atoms with Gasteiger partial charge in [0.2, 0.25) is 0 Å². The second-order valence-corrected chi connectivity index (χ2v) is 3.87. The van der Waals surface area contributed by atoms with Gasteiger partial charge in [0.1, 0.15) is 17.6 Å². The van der Waals surface area contributed by atoms with Crippen LogP contribution < -0.4 is 15.2 Å². The van der Waals surface area contributed by atoms with Gasteiger partial charge < -0.3 is 15.2 Å². The Morgan fingerprint density at radius 3 is 2.93 bits per heavy atom. The third kappa shape index (κ3) is 1.79. The van der Waals surface area contributed by atoms with Gasteiger partial charge in [-0.1, -0.05) is 13.3 Å². The number of benzene rings is 1. The van der Waals surface area contributed by atoms with Crippen molar-refractivity contribution >= 4 is 0 Å². The first-order chi connectivity index (χ1) is 7.26. The molecule has 3 nitrogen and oxygen atoms in total. The van der Waals surface area contributed by atoms with Crippen LogP contribution in [0.1, 0.15) is 31.4 Å². The lowest BCUT2D eigenvalue weighted by atomic mass is 10.0. The molecule has 1 aromatic carbocycles. The van der Waals surface area contributed by atoms with E-state index in [4.69, 9.17) is 15.2 Å². The molecular formula is C12H17NO2. The SMILES string of the molecule is CCCC1Oc2cc(OC)ccc2C1N. The molecule has 2 atom stereocenters. The normalized spacial score (nSPS) is 23.4. The maximum Gasteiger partial charge on any atom is 0.128 e. The number of ether oxygens (including phenoxy) is 2. The number of hydrogen-bond donors (Lipinski definition) is 1. The summed E-state index contributed by atoms with van der Waals surface area (Å²) in [5.74, 6) is 1.69. The summed E-state index contributed by atoms with van der Waals surface area (Å²) >= 11 is 0. The van der Waals surface area contributed by atoms with Gasteiger partial charge in [0, 0.05) is 11.6 Å². The summed E-state index contributed by atoms with van der Waals surface area (Å²) in [5.41, 5.74) is 7.19. The lowest BCUT2D eigenvalue weighted by Crippen LogP contribution is -2.24. The molecule has 0 radical (unpaired) electrons. The molecule has 1 aliphatic rings. The van der Waals surface area contributed by atoms with Gasteiger partial charge in [0.25, 0.3) is 0 Å². The third-order valence-corrected chi connectivity index (χ3v) is 2.83. The Balaban J connectivity index is 2.24. The van der Waals surface area contributed by atoms with Gasteiger partial charge in [-0.25, -0.2) is 0 Å². The van der Waals surface area contributed by atoms with E-state index in [9.17, 15) is 0 Å². The summed E-state index contributed by atoms with van der Waals surface area (Å²) in [4.78, 5) is 0. The molecule has 1 heterocycles. The van der Waals surface area contributed by atoms with Crippen molar-refractivity contribution in [2.75, 3.05) is 7.11 Å². The average Bonchev–Trinajstić information content (AvgIpc) is 2.56. The Bertz CT molecular complexity index is 351. The van der Waals surface area contributed by atoms with Crippen LogP contribution in [0.3, 0.4) is 0 Å². The number of hydrogen-bond acceptors (Lipinski definition) is 3. The molecule has 0 aliphatic carbocycles. The zero-order chi connectivity index (χ0) is 10.8. The summed E-state index contributed by atoms with van der Waals surface area (Å²) in [6.45, 7) is 2.14. The van der Waals surface area contributed by atoms with Gasteiger partial charge >= 0.3 is 0 Å². The van der Waals surface area contributed by atoms with Gasteiger partial charge in [-0.05, 0) is 18.6 Å². The maximum absolute atomic E-state index is 6.10. The summed E-state index contributed by atoms with van der Waals surface area (Å²) in [6.07, 6.45) is 2.21. The van der Waals surface area contributed by atoms with E-state index in [-0.39, 0.29) is 12.1 Å². The van der Waals surface area contributed by atoms with Gasteiger partial charge in [-0.3, -0.25) is 0 Å². The molecule has 15 heavy (non-hydrogen) atoms. The molecule has 0 aromatic heterocycles. The highest BCUT2D eigenvalue weighted by Gasteiger charge is 2.30. The Kier molecular flexibility index (Phi) is 2.82. The first-order valence-electron chi connectivity index (χ1n) is 5.36. The maximum atomic E-state index is 6.10. The van der Waals surface area contributed by atoms with Gasteiger partial charge in [-0.15, -0.1) is 0 Å². The first kappa shape index (κ1) is 10.3. The van der Waals surface area contributed by atoms with Gasteiger partial charge in [-0.2, -0.15) is 0 Å². The minimum Gasteiger partial charge on any atom is -0.497 e. The van der Waals surface area contributed by atoms with Crippen molar-refractivity contribution < 1.29 is 9.47 Å². The quantitative estimate of drug-likeness (QED) is 0.826. The van der Waals surface area contributed by atoms with Crippen LogP contribution in [0.15, 0.2) is 18.2 Å². The molecule has 2 N–H and O–H groups in total. The first-order valence-corrected chi connectivity index (χ1v) is 5.36. The van der Waals surface area contributed by atoms with Crippen LogP contribution >= 0.6 is 0 Å². The van der Waals surface area contributed by atoms with Crippen LogP contribution in [0.4, 0.5) is 0 Å². The van der Waals surface area contributed by atoms with E-state index in [1.54, 1.807) is 7.11 Å². The zero-order valence-corrected chi connectivity index (χ0v) is 9.19. The average molecular weight is 207 g/mol. The minimum absolute atomic E-state index is 0.00542. The van der Waals surface area contributed by atoms with E-state index in [0.717, 1.165) is 29.9 Å². The number of fused-ring (bicyclic) bond motifs is 1. The van der Waals surface area contributed by atoms with Crippen molar-refractivity contribution in [2.45, 2.75) is 31.9 Å². The summed E-state index contributed by atoms with van der Waals surface area (Å²) in [7, 11) is 1.65. The molecule has 2 unspecified atom stereocenters. The molecule has 0 amide bonds. The predicted octanol–water partition coefficient (Wildman–Crippen LogP) is 2.26. The van der Waals surface area contributed by atoms with Crippen LogP contribution in [0.2, 0.25) is 0 Å². The van der Waals surface area contributed by atoms with Gasteiger partial charge in [0.15, 0.2) is 0 Å². The van der Waals surface area contributed by atoms with E-state index >= 15 is 0 Å².